The summed E-state index contributed by atoms with van der Waals surface area (Å²) in [4.78, 5) is 0. The maximum absolute atomic E-state index is 13.0. The van der Waals surface area contributed by atoms with E-state index in [0.29, 0.717) is 0 Å². The van der Waals surface area contributed by atoms with Crippen LogP contribution in [-0.2, 0) is 0 Å². The Labute approximate surface area is 74.3 Å². The van der Waals surface area contributed by atoms with E-state index in [0.717, 1.165) is 0 Å². The second-order valence-electron chi connectivity index (χ2n) is 3.56. The molecule has 5 heteroatoms. The van der Waals surface area contributed by atoms with E-state index in [1.165, 1.54) is 0 Å². The predicted octanol–water partition coefficient (Wildman–Crippen LogP) is 2.26. The molecule has 0 aliphatic heterocycles. The summed E-state index contributed by atoms with van der Waals surface area (Å²) in [6.07, 6.45) is -5.77. The monoisotopic (exact) mass is 199 g/mol. The highest BCUT2D eigenvalue weighted by atomic mass is 19.4. The van der Waals surface area contributed by atoms with Crippen LogP contribution in [0.1, 0.15) is 19.3 Å². The molecule has 0 radical (unpaired) electrons. The van der Waals surface area contributed by atoms with Gasteiger partial charge in [0.1, 0.15) is 6.17 Å². The van der Waals surface area contributed by atoms with Crippen LogP contribution >= 0.6 is 0 Å². The summed E-state index contributed by atoms with van der Waals surface area (Å²) in [5, 5.41) is 0. The first-order valence-corrected chi connectivity index (χ1v) is 4.36. The van der Waals surface area contributed by atoms with E-state index in [1.54, 1.807) is 0 Å². The summed E-state index contributed by atoms with van der Waals surface area (Å²) in [5.41, 5.74) is 5.23. The molecule has 1 aliphatic carbocycles. The highest BCUT2D eigenvalue weighted by Crippen LogP contribution is 2.40. The normalized spacial score (nSPS) is 36.2. The minimum atomic E-state index is -4.25. The third-order valence-corrected chi connectivity index (χ3v) is 2.67. The smallest absolute Gasteiger partial charge is 0.330 e. The molecule has 78 valence electrons. The molecule has 0 spiro atoms. The van der Waals surface area contributed by atoms with Gasteiger partial charge < -0.3 is 5.73 Å². The van der Waals surface area contributed by atoms with Gasteiger partial charge in [-0.25, -0.2) is 4.39 Å². The number of hydrogen-bond donors (Lipinski definition) is 1. The molecule has 0 aromatic carbocycles. The minimum Gasteiger partial charge on any atom is -0.330 e. The Kier molecular flexibility index (Phi) is 3.16. The van der Waals surface area contributed by atoms with E-state index in [4.69, 9.17) is 5.73 Å². The van der Waals surface area contributed by atoms with Crippen LogP contribution in [0.3, 0.4) is 0 Å². The van der Waals surface area contributed by atoms with Crippen molar-refractivity contribution in [2.24, 2.45) is 17.6 Å². The van der Waals surface area contributed by atoms with Gasteiger partial charge in [-0.1, -0.05) is 0 Å². The van der Waals surface area contributed by atoms with Gasteiger partial charge in [-0.05, 0) is 25.8 Å². The van der Waals surface area contributed by atoms with Gasteiger partial charge in [0, 0.05) is 5.92 Å². The van der Waals surface area contributed by atoms with Crippen molar-refractivity contribution >= 4 is 0 Å². The molecule has 0 aromatic rings. The lowest BCUT2D eigenvalue weighted by Crippen LogP contribution is -2.37. The van der Waals surface area contributed by atoms with Crippen molar-refractivity contribution in [1.82, 2.24) is 0 Å². The molecule has 0 amide bonds. The third-order valence-electron chi connectivity index (χ3n) is 2.67. The van der Waals surface area contributed by atoms with Crippen molar-refractivity contribution in [3.63, 3.8) is 0 Å². The molecule has 1 fully saturated rings. The zero-order chi connectivity index (χ0) is 10.1. The van der Waals surface area contributed by atoms with Crippen molar-refractivity contribution in [2.75, 3.05) is 6.54 Å². The van der Waals surface area contributed by atoms with E-state index < -0.39 is 24.7 Å². The number of nitrogens with two attached hydrogens (primary N) is 1. The van der Waals surface area contributed by atoms with Gasteiger partial charge >= 0.3 is 6.18 Å². The molecular formula is C8H13F4N. The number of halogens is 4. The molecular weight excluding hydrogens is 186 g/mol. The summed E-state index contributed by atoms with van der Waals surface area (Å²) >= 11 is 0. The molecule has 1 aliphatic rings. The number of hydrogen-bond acceptors (Lipinski definition) is 1. The van der Waals surface area contributed by atoms with Crippen LogP contribution in [-0.4, -0.2) is 18.9 Å². The summed E-state index contributed by atoms with van der Waals surface area (Å²) in [6, 6.07) is 0. The molecule has 0 aromatic heterocycles. The maximum atomic E-state index is 13.0. The van der Waals surface area contributed by atoms with E-state index >= 15 is 0 Å². The molecule has 2 N–H and O–H groups in total. The standard InChI is InChI=1S/C8H13F4N/c9-7-3-6(8(10,11)12)2-1-5(7)4-13/h5-7H,1-4,13H2. The Hall–Kier alpha value is -0.320. The SMILES string of the molecule is NCC1CCC(C(F)(F)F)CC1F. The molecule has 3 unspecified atom stereocenters. The second kappa shape index (κ2) is 3.82. The van der Waals surface area contributed by atoms with Crippen LogP contribution in [0.15, 0.2) is 0 Å². The first-order valence-electron chi connectivity index (χ1n) is 4.36. The lowest BCUT2D eigenvalue weighted by atomic mass is 9.80. The van der Waals surface area contributed by atoms with Crippen LogP contribution in [0, 0.1) is 11.8 Å². The lowest BCUT2D eigenvalue weighted by Gasteiger charge is -2.31. The molecule has 0 bridgehead atoms. The first kappa shape index (κ1) is 10.8. The summed E-state index contributed by atoms with van der Waals surface area (Å²) in [7, 11) is 0. The van der Waals surface area contributed by atoms with Crippen LogP contribution < -0.4 is 5.73 Å². The average Bonchev–Trinajstić information content (AvgIpc) is 2.02. The number of rotatable bonds is 1. The van der Waals surface area contributed by atoms with Crippen LogP contribution in [0.2, 0.25) is 0 Å². The van der Waals surface area contributed by atoms with E-state index in [9.17, 15) is 17.6 Å². The summed E-state index contributed by atoms with van der Waals surface area (Å²) in [6.45, 7) is 0.145. The molecule has 3 atom stereocenters. The van der Waals surface area contributed by atoms with Gasteiger partial charge in [-0.15, -0.1) is 0 Å². The van der Waals surface area contributed by atoms with E-state index in [1.807, 2.05) is 0 Å². The van der Waals surface area contributed by atoms with Crippen LogP contribution in [0.5, 0.6) is 0 Å². The second-order valence-corrected chi connectivity index (χ2v) is 3.56. The van der Waals surface area contributed by atoms with Crippen molar-refractivity contribution < 1.29 is 17.6 Å². The van der Waals surface area contributed by atoms with E-state index in [2.05, 4.69) is 0 Å². The Morgan fingerprint density at radius 3 is 2.23 bits per heavy atom. The van der Waals surface area contributed by atoms with Crippen LogP contribution in [0.25, 0.3) is 0 Å². The van der Waals surface area contributed by atoms with E-state index in [-0.39, 0.29) is 25.3 Å². The van der Waals surface area contributed by atoms with Crippen molar-refractivity contribution in [3.05, 3.63) is 0 Å². The zero-order valence-corrected chi connectivity index (χ0v) is 7.15. The molecule has 1 saturated carbocycles. The molecule has 0 saturated heterocycles. The van der Waals surface area contributed by atoms with Gasteiger partial charge in [0.05, 0.1) is 5.92 Å². The fourth-order valence-electron chi connectivity index (χ4n) is 1.74. The summed E-state index contributed by atoms with van der Waals surface area (Å²) in [5.74, 6) is -1.84. The zero-order valence-electron chi connectivity index (χ0n) is 7.15. The molecule has 0 heterocycles. The van der Waals surface area contributed by atoms with Crippen LogP contribution in [0.4, 0.5) is 17.6 Å². The van der Waals surface area contributed by atoms with Gasteiger partial charge in [-0.3, -0.25) is 0 Å². The first-order chi connectivity index (χ1) is 5.95. The minimum absolute atomic E-state index is 0.0196. The topological polar surface area (TPSA) is 26.0 Å². The molecule has 13 heavy (non-hydrogen) atoms. The Bertz CT molecular complexity index is 168. The quantitative estimate of drug-likeness (QED) is 0.644. The van der Waals surface area contributed by atoms with Crippen molar-refractivity contribution in [1.29, 1.82) is 0 Å². The molecule has 1 rings (SSSR count). The van der Waals surface area contributed by atoms with Gasteiger partial charge in [-0.2, -0.15) is 13.2 Å². The third kappa shape index (κ3) is 2.56. The number of alkyl halides is 4. The van der Waals surface area contributed by atoms with Gasteiger partial charge in [0.2, 0.25) is 0 Å². The van der Waals surface area contributed by atoms with Gasteiger partial charge in [0.15, 0.2) is 0 Å². The Balaban J connectivity index is 2.51. The molecule has 1 nitrogen and oxygen atoms in total. The summed E-state index contributed by atoms with van der Waals surface area (Å²) < 4.78 is 49.5. The highest BCUT2D eigenvalue weighted by Gasteiger charge is 2.44. The maximum Gasteiger partial charge on any atom is 0.391 e. The van der Waals surface area contributed by atoms with Crippen molar-refractivity contribution in [2.45, 2.75) is 31.6 Å². The Morgan fingerprint density at radius 2 is 1.85 bits per heavy atom. The Morgan fingerprint density at radius 1 is 1.23 bits per heavy atom. The largest absolute Gasteiger partial charge is 0.391 e. The fraction of sp³-hybridized carbons (Fsp3) is 1.00. The predicted molar refractivity (Wildman–Crippen MR) is 40.8 cm³/mol. The van der Waals surface area contributed by atoms with Gasteiger partial charge in [0.25, 0.3) is 0 Å². The fourth-order valence-corrected chi connectivity index (χ4v) is 1.74. The lowest BCUT2D eigenvalue weighted by molar-refractivity contribution is -0.189. The van der Waals surface area contributed by atoms with Crippen molar-refractivity contribution in [3.8, 4) is 0 Å². The average molecular weight is 199 g/mol. The highest BCUT2D eigenvalue weighted by molar-refractivity contribution is 4.83.